The van der Waals surface area contributed by atoms with Gasteiger partial charge in [-0.25, -0.2) is 0 Å². The van der Waals surface area contributed by atoms with Gasteiger partial charge in [-0.05, 0) is 43.7 Å². The van der Waals surface area contributed by atoms with Crippen LogP contribution in [0.4, 0.5) is 0 Å². The number of nitrogens with one attached hydrogen (secondary N) is 1. The number of aromatic nitrogens is 1. The van der Waals surface area contributed by atoms with Crippen LogP contribution < -0.4 is 5.32 Å². The van der Waals surface area contributed by atoms with Crippen LogP contribution in [-0.4, -0.2) is 47.7 Å². The Morgan fingerprint density at radius 2 is 2.04 bits per heavy atom. The van der Waals surface area contributed by atoms with Gasteiger partial charge in [0.05, 0.1) is 5.92 Å². The van der Waals surface area contributed by atoms with E-state index in [2.05, 4.69) is 33.1 Å². The van der Waals surface area contributed by atoms with Crippen LogP contribution in [0.15, 0.2) is 18.3 Å². The molecule has 5 nitrogen and oxygen atoms in total. The first-order valence-corrected chi connectivity index (χ1v) is 9.03. The Morgan fingerprint density at radius 1 is 1.22 bits per heavy atom. The molecule has 1 amide bonds. The molecule has 0 bridgehead atoms. The third-order valence-corrected chi connectivity index (χ3v) is 5.50. The Kier molecular flexibility index (Phi) is 4.40. The summed E-state index contributed by atoms with van der Waals surface area (Å²) in [6, 6.07) is 4.84. The van der Waals surface area contributed by atoms with Crippen molar-refractivity contribution in [2.75, 3.05) is 26.3 Å². The van der Waals surface area contributed by atoms with Gasteiger partial charge in [-0.15, -0.1) is 0 Å². The van der Waals surface area contributed by atoms with Crippen LogP contribution in [0, 0.1) is 11.8 Å². The molecule has 1 saturated heterocycles. The zero-order chi connectivity index (χ0) is 15.6. The van der Waals surface area contributed by atoms with Crippen molar-refractivity contribution in [3.05, 3.63) is 24.0 Å². The first kappa shape index (κ1) is 15.2. The third-order valence-electron chi connectivity index (χ3n) is 5.50. The van der Waals surface area contributed by atoms with Crippen molar-refractivity contribution in [2.45, 2.75) is 44.8 Å². The molecule has 0 radical (unpaired) electrons. The average Bonchev–Trinajstić information content (AvgIpc) is 3.35. The fraction of sp³-hybridized carbons (Fsp3) is 0.722. The van der Waals surface area contributed by atoms with Gasteiger partial charge < -0.3 is 14.6 Å². The highest BCUT2D eigenvalue weighted by Gasteiger charge is 2.32. The van der Waals surface area contributed by atoms with E-state index in [1.165, 1.54) is 18.5 Å². The number of nitrogens with zero attached hydrogens (tertiary/aromatic N) is 2. The molecule has 1 atom stereocenters. The normalized spacial score (nSPS) is 26.5. The van der Waals surface area contributed by atoms with Gasteiger partial charge >= 0.3 is 0 Å². The quantitative estimate of drug-likeness (QED) is 0.918. The van der Waals surface area contributed by atoms with E-state index in [0.717, 1.165) is 58.2 Å². The van der Waals surface area contributed by atoms with E-state index in [1.807, 2.05) is 0 Å². The van der Waals surface area contributed by atoms with Gasteiger partial charge in [-0.1, -0.05) is 0 Å². The number of ether oxygens (including phenoxy) is 1. The lowest BCUT2D eigenvalue weighted by atomic mass is 10.0. The second kappa shape index (κ2) is 6.65. The minimum absolute atomic E-state index is 0.0465. The van der Waals surface area contributed by atoms with Crippen LogP contribution in [0.2, 0.25) is 0 Å². The molecule has 5 heteroatoms. The molecule has 0 unspecified atom stereocenters. The molecule has 1 aliphatic carbocycles. The maximum atomic E-state index is 12.7. The summed E-state index contributed by atoms with van der Waals surface area (Å²) in [6.45, 7) is 5.18. The number of amides is 1. The van der Waals surface area contributed by atoms with Gasteiger partial charge in [-0.2, -0.15) is 0 Å². The monoisotopic (exact) mass is 317 g/mol. The summed E-state index contributed by atoms with van der Waals surface area (Å²) in [7, 11) is 0. The van der Waals surface area contributed by atoms with E-state index in [1.54, 1.807) is 0 Å². The smallest absolute Gasteiger partial charge is 0.226 e. The molecular weight excluding hydrogens is 290 g/mol. The van der Waals surface area contributed by atoms with E-state index in [-0.39, 0.29) is 11.8 Å². The fourth-order valence-corrected chi connectivity index (χ4v) is 3.83. The fourth-order valence-electron chi connectivity index (χ4n) is 3.83. The minimum atomic E-state index is 0.0465. The molecule has 4 rings (SSSR count). The van der Waals surface area contributed by atoms with E-state index < -0.39 is 0 Å². The minimum Gasteiger partial charge on any atom is -0.381 e. The topological polar surface area (TPSA) is 46.5 Å². The molecule has 1 saturated carbocycles. The lowest BCUT2D eigenvalue weighted by Gasteiger charge is -2.34. The average molecular weight is 317 g/mol. The van der Waals surface area contributed by atoms with Gasteiger partial charge in [0.1, 0.15) is 0 Å². The summed E-state index contributed by atoms with van der Waals surface area (Å²) in [5.74, 6) is 1.01. The molecule has 0 aromatic carbocycles. The summed E-state index contributed by atoms with van der Waals surface area (Å²) in [6.07, 6.45) is 6.83. The van der Waals surface area contributed by atoms with E-state index in [0.29, 0.717) is 6.04 Å². The number of carbonyl (C=O) groups excluding carboxylic acids is 1. The SMILES string of the molecule is O=C(NCC1CC1)[C@@H]1CN(C2CCOCC2)Cc2cccn2C1. The van der Waals surface area contributed by atoms with Crippen LogP contribution >= 0.6 is 0 Å². The molecule has 23 heavy (non-hydrogen) atoms. The summed E-state index contributed by atoms with van der Waals surface area (Å²) < 4.78 is 7.78. The maximum Gasteiger partial charge on any atom is 0.226 e. The largest absolute Gasteiger partial charge is 0.381 e. The molecule has 3 heterocycles. The Hall–Kier alpha value is -1.33. The Bertz CT molecular complexity index is 546. The van der Waals surface area contributed by atoms with Crippen molar-refractivity contribution in [1.82, 2.24) is 14.8 Å². The molecule has 126 valence electrons. The molecule has 1 aromatic heterocycles. The van der Waals surface area contributed by atoms with Crippen LogP contribution in [0.25, 0.3) is 0 Å². The lowest BCUT2D eigenvalue weighted by Crippen LogP contribution is -2.44. The molecule has 1 N–H and O–H groups in total. The highest BCUT2D eigenvalue weighted by Crippen LogP contribution is 2.28. The van der Waals surface area contributed by atoms with Crippen molar-refractivity contribution < 1.29 is 9.53 Å². The molecule has 2 fully saturated rings. The Labute approximate surface area is 138 Å². The summed E-state index contributed by atoms with van der Waals surface area (Å²) >= 11 is 0. The molecule has 1 aromatic rings. The number of fused-ring (bicyclic) bond motifs is 1. The van der Waals surface area contributed by atoms with Crippen molar-refractivity contribution in [3.8, 4) is 0 Å². The van der Waals surface area contributed by atoms with Gasteiger partial charge in [0, 0.05) is 57.3 Å². The van der Waals surface area contributed by atoms with Gasteiger partial charge in [0.25, 0.3) is 0 Å². The predicted octanol–water partition coefficient (Wildman–Crippen LogP) is 1.63. The van der Waals surface area contributed by atoms with Gasteiger partial charge in [-0.3, -0.25) is 9.69 Å². The number of hydrogen-bond acceptors (Lipinski definition) is 3. The standard InChI is InChI=1S/C18H27N3O2/c22-18(19-10-14-3-4-14)15-11-20-7-1-2-17(20)13-21(12-15)16-5-8-23-9-6-16/h1-2,7,14-16H,3-6,8-13H2,(H,19,22)/t15-/m0/s1. The zero-order valence-corrected chi connectivity index (χ0v) is 13.7. The van der Waals surface area contributed by atoms with E-state index in [9.17, 15) is 4.79 Å². The highest BCUT2D eigenvalue weighted by molar-refractivity contribution is 5.79. The first-order valence-electron chi connectivity index (χ1n) is 9.03. The molecular formula is C18H27N3O2. The van der Waals surface area contributed by atoms with Crippen molar-refractivity contribution in [1.29, 1.82) is 0 Å². The summed E-state index contributed by atoms with van der Waals surface area (Å²) in [5.41, 5.74) is 1.33. The van der Waals surface area contributed by atoms with Crippen LogP contribution in [0.1, 0.15) is 31.4 Å². The van der Waals surface area contributed by atoms with Crippen LogP contribution in [0.5, 0.6) is 0 Å². The van der Waals surface area contributed by atoms with Gasteiger partial charge in [0.15, 0.2) is 0 Å². The second-order valence-electron chi connectivity index (χ2n) is 7.31. The van der Waals surface area contributed by atoms with Crippen molar-refractivity contribution >= 4 is 5.91 Å². The highest BCUT2D eigenvalue weighted by atomic mass is 16.5. The number of hydrogen-bond donors (Lipinski definition) is 1. The van der Waals surface area contributed by atoms with E-state index in [4.69, 9.17) is 4.74 Å². The van der Waals surface area contributed by atoms with Gasteiger partial charge in [0.2, 0.25) is 5.91 Å². The summed E-state index contributed by atoms with van der Waals surface area (Å²) in [5, 5.41) is 3.18. The van der Waals surface area contributed by atoms with Crippen molar-refractivity contribution in [2.24, 2.45) is 11.8 Å². The maximum absolute atomic E-state index is 12.7. The molecule has 2 aliphatic heterocycles. The third kappa shape index (κ3) is 3.61. The predicted molar refractivity (Wildman–Crippen MR) is 87.9 cm³/mol. The van der Waals surface area contributed by atoms with Crippen LogP contribution in [-0.2, 0) is 22.6 Å². The number of carbonyl (C=O) groups is 1. The number of rotatable bonds is 4. The van der Waals surface area contributed by atoms with Crippen LogP contribution in [0.3, 0.4) is 0 Å². The second-order valence-corrected chi connectivity index (χ2v) is 7.31. The Morgan fingerprint density at radius 3 is 2.83 bits per heavy atom. The zero-order valence-electron chi connectivity index (χ0n) is 13.7. The molecule has 0 spiro atoms. The lowest BCUT2D eigenvalue weighted by molar-refractivity contribution is -0.126. The Balaban J connectivity index is 1.47. The summed E-state index contributed by atoms with van der Waals surface area (Å²) in [4.78, 5) is 15.2. The molecule has 3 aliphatic rings. The first-order chi connectivity index (χ1) is 11.3. The van der Waals surface area contributed by atoms with E-state index >= 15 is 0 Å². The van der Waals surface area contributed by atoms with Crippen molar-refractivity contribution in [3.63, 3.8) is 0 Å².